The molecule has 1 aromatic heterocycles. The van der Waals surface area contributed by atoms with Gasteiger partial charge in [-0.05, 0) is 89.5 Å². The predicted octanol–water partition coefficient (Wildman–Crippen LogP) is 10.9. The molecule has 0 saturated carbocycles. The van der Waals surface area contributed by atoms with Crippen molar-refractivity contribution in [1.82, 2.24) is 4.98 Å². The number of esters is 4. The summed E-state index contributed by atoms with van der Waals surface area (Å²) < 4.78 is 34.5. The van der Waals surface area contributed by atoms with Crippen LogP contribution in [0.3, 0.4) is 0 Å². The first-order valence-corrected chi connectivity index (χ1v) is 22.8. The Bertz CT molecular complexity index is 2970. The first-order chi connectivity index (χ1) is 33.6. The Morgan fingerprint density at radius 3 is 2.03 bits per heavy atom. The summed E-state index contributed by atoms with van der Waals surface area (Å²) in [5, 5.41) is 7.42. The Morgan fingerprint density at radius 1 is 0.696 bits per heavy atom. The number of nitrogens with zero attached hydrogens (tertiary/aromatic N) is 2. The summed E-state index contributed by atoms with van der Waals surface area (Å²) in [6.45, 7) is 13.0. The zero-order valence-corrected chi connectivity index (χ0v) is 38.7. The second-order valence-electron chi connectivity index (χ2n) is 15.5. The molecule has 0 unspecified atom stereocenters. The van der Waals surface area contributed by atoms with Crippen LogP contribution in [0.1, 0.15) is 40.4 Å². The smallest absolute Gasteiger partial charge is 0.343 e. The lowest BCUT2D eigenvalue weighted by Crippen LogP contribution is -2.22. The van der Waals surface area contributed by atoms with Gasteiger partial charge < -0.3 is 28.4 Å². The lowest BCUT2D eigenvalue weighted by molar-refractivity contribution is -0.143. The number of anilines is 1. The van der Waals surface area contributed by atoms with E-state index in [1.54, 1.807) is 49.4 Å². The Morgan fingerprint density at radius 2 is 1.33 bits per heavy atom. The van der Waals surface area contributed by atoms with Gasteiger partial charge in [-0.3, -0.25) is 5.43 Å². The zero-order valence-electron chi connectivity index (χ0n) is 37.9. The lowest BCUT2D eigenvalue weighted by Gasteiger charge is -2.17. The highest BCUT2D eigenvalue weighted by Gasteiger charge is 2.18. The number of nitrogens with one attached hydrogen (secondary N) is 1. The molecule has 0 atom stereocenters. The van der Waals surface area contributed by atoms with Crippen molar-refractivity contribution in [2.75, 3.05) is 31.9 Å². The van der Waals surface area contributed by atoms with Gasteiger partial charge in [0, 0.05) is 41.5 Å². The highest BCUT2D eigenvalue weighted by atomic mass is 32.1. The molecule has 0 radical (unpaired) electrons. The van der Waals surface area contributed by atoms with E-state index in [4.69, 9.17) is 33.4 Å². The minimum absolute atomic E-state index is 0.00615. The topological polar surface area (TPSA) is 161 Å². The number of aromatic nitrogens is 1. The van der Waals surface area contributed by atoms with Crippen molar-refractivity contribution in [3.63, 3.8) is 0 Å². The molecule has 6 aromatic carbocycles. The molecule has 0 aliphatic heterocycles. The van der Waals surface area contributed by atoms with Crippen molar-refractivity contribution in [3.8, 4) is 28.4 Å². The van der Waals surface area contributed by atoms with Gasteiger partial charge in [-0.15, -0.1) is 0 Å². The molecule has 1 N–H and O–H groups in total. The SMILES string of the molecule is C=CC(=O)OCCCOc1ccc(-c2ccc(COc3ccc(OC(=O)c4ccc(CC(COC(=O)C=C)COC(=O)C=C)cc4)c(/C(C)=N/Nc4nc5c(ccc6ccccc65)s4)c3)cc2)cc1. The van der Waals surface area contributed by atoms with Gasteiger partial charge in [0.15, 0.2) is 0 Å². The first kappa shape index (κ1) is 48.6. The number of rotatable bonds is 23. The summed E-state index contributed by atoms with van der Waals surface area (Å²) in [6, 6.07) is 40.0. The van der Waals surface area contributed by atoms with Crippen molar-refractivity contribution < 1.29 is 47.6 Å². The lowest BCUT2D eigenvalue weighted by atomic mass is 9.99. The van der Waals surface area contributed by atoms with E-state index in [9.17, 15) is 19.2 Å². The zero-order chi connectivity index (χ0) is 48.5. The highest BCUT2D eigenvalue weighted by molar-refractivity contribution is 7.22. The van der Waals surface area contributed by atoms with Crippen LogP contribution in [0.5, 0.6) is 17.2 Å². The van der Waals surface area contributed by atoms with Crippen LogP contribution in [-0.4, -0.2) is 61.0 Å². The summed E-state index contributed by atoms with van der Waals surface area (Å²) in [4.78, 5) is 53.2. The summed E-state index contributed by atoms with van der Waals surface area (Å²) in [7, 11) is 0. The van der Waals surface area contributed by atoms with Gasteiger partial charge in [-0.2, -0.15) is 5.10 Å². The molecular formula is C55H49N3O10S. The highest BCUT2D eigenvalue weighted by Crippen LogP contribution is 2.33. The third-order valence-electron chi connectivity index (χ3n) is 10.6. The average Bonchev–Trinajstić information content (AvgIpc) is 3.82. The summed E-state index contributed by atoms with van der Waals surface area (Å²) in [5.74, 6) is -1.09. The summed E-state index contributed by atoms with van der Waals surface area (Å²) in [6.07, 6.45) is 4.21. The third-order valence-corrected chi connectivity index (χ3v) is 11.6. The number of fused-ring (bicyclic) bond motifs is 3. The average molecular weight is 944 g/mol. The molecule has 7 aromatic rings. The maximum absolute atomic E-state index is 13.7. The van der Waals surface area contributed by atoms with Gasteiger partial charge in [0.05, 0.1) is 47.9 Å². The fourth-order valence-corrected chi connectivity index (χ4v) is 7.83. The molecule has 0 fully saturated rings. The van der Waals surface area contributed by atoms with E-state index in [2.05, 4.69) is 42.4 Å². The molecule has 0 spiro atoms. The molecule has 0 saturated heterocycles. The largest absolute Gasteiger partial charge is 0.493 e. The van der Waals surface area contributed by atoms with E-state index < -0.39 is 23.9 Å². The maximum Gasteiger partial charge on any atom is 0.343 e. The Kier molecular flexibility index (Phi) is 16.8. The molecule has 350 valence electrons. The Labute approximate surface area is 403 Å². The van der Waals surface area contributed by atoms with E-state index in [1.165, 1.54) is 11.3 Å². The minimum Gasteiger partial charge on any atom is -0.493 e. The normalized spacial score (nSPS) is 11.1. The van der Waals surface area contributed by atoms with Gasteiger partial charge in [-0.25, -0.2) is 24.2 Å². The molecule has 69 heavy (non-hydrogen) atoms. The fraction of sp³-hybridized carbons (Fsp3) is 0.164. The van der Waals surface area contributed by atoms with Crippen molar-refractivity contribution in [1.29, 1.82) is 0 Å². The van der Waals surface area contributed by atoms with Gasteiger partial charge in [0.2, 0.25) is 5.13 Å². The first-order valence-electron chi connectivity index (χ1n) is 22.0. The fourth-order valence-electron chi connectivity index (χ4n) is 7.01. The molecule has 0 amide bonds. The van der Waals surface area contributed by atoms with E-state index in [-0.39, 0.29) is 38.1 Å². The van der Waals surface area contributed by atoms with Crippen LogP contribution < -0.4 is 19.6 Å². The molecule has 7 rings (SSSR count). The van der Waals surface area contributed by atoms with Crippen LogP contribution in [0.25, 0.3) is 32.1 Å². The van der Waals surface area contributed by atoms with Crippen molar-refractivity contribution in [3.05, 3.63) is 188 Å². The van der Waals surface area contributed by atoms with E-state index >= 15 is 0 Å². The Balaban J connectivity index is 1.04. The van der Waals surface area contributed by atoms with E-state index in [1.807, 2.05) is 72.8 Å². The maximum atomic E-state index is 13.7. The number of carbonyl (C=O) groups excluding carboxylic acids is 4. The Hall–Kier alpha value is -8.36. The monoisotopic (exact) mass is 943 g/mol. The van der Waals surface area contributed by atoms with Gasteiger partial charge in [0.25, 0.3) is 0 Å². The van der Waals surface area contributed by atoms with Crippen LogP contribution in [0.15, 0.2) is 170 Å². The van der Waals surface area contributed by atoms with E-state index in [0.717, 1.165) is 67.2 Å². The molecule has 1 heterocycles. The summed E-state index contributed by atoms with van der Waals surface area (Å²) in [5.41, 5.74) is 9.10. The number of hydrazone groups is 1. The van der Waals surface area contributed by atoms with Crippen LogP contribution in [0.2, 0.25) is 0 Å². The summed E-state index contributed by atoms with van der Waals surface area (Å²) >= 11 is 1.48. The molecule has 14 heteroatoms. The number of ether oxygens (including phenoxy) is 6. The number of hydrogen-bond donors (Lipinski definition) is 1. The van der Waals surface area contributed by atoms with Gasteiger partial charge in [0.1, 0.15) is 23.9 Å². The minimum atomic E-state index is -0.599. The molecule has 0 aliphatic rings. The van der Waals surface area contributed by atoms with Crippen LogP contribution in [0.4, 0.5) is 5.13 Å². The second-order valence-corrected chi connectivity index (χ2v) is 16.6. The second kappa shape index (κ2) is 23.9. The standard InChI is InChI=1S/C55H49N3O10S/c1-5-50(59)64-30-10-29-63-44-24-21-41(22-25-44)40-17-15-38(16-18-40)33-65-45-26-27-48(47(32-45)36(4)57-58-55-56-53-46-12-9-8-11-42(46)23-28-49(53)69-55)68-54(62)43-19-13-37(14-20-43)31-39(34-66-51(60)6-2)35-67-52(61)7-3/h5-9,11-28,32,39H,1-3,10,29-31,33-35H2,4H3,(H,56,58)/b57-36+. The van der Waals surface area contributed by atoms with Crippen LogP contribution in [-0.2, 0) is 41.6 Å². The third kappa shape index (κ3) is 13.6. The van der Waals surface area contributed by atoms with Crippen molar-refractivity contribution in [2.24, 2.45) is 11.0 Å². The van der Waals surface area contributed by atoms with Gasteiger partial charge >= 0.3 is 23.9 Å². The van der Waals surface area contributed by atoms with Crippen molar-refractivity contribution >= 4 is 67.0 Å². The molecule has 13 nitrogen and oxygen atoms in total. The molecular weight excluding hydrogens is 895 g/mol. The molecule has 0 aliphatic carbocycles. The van der Waals surface area contributed by atoms with Crippen LogP contribution >= 0.6 is 11.3 Å². The molecule has 0 bridgehead atoms. The number of thiazole rings is 1. The van der Waals surface area contributed by atoms with E-state index in [0.29, 0.717) is 47.2 Å². The number of hydrogen-bond acceptors (Lipinski definition) is 14. The predicted molar refractivity (Wildman–Crippen MR) is 268 cm³/mol. The number of benzene rings is 6. The van der Waals surface area contributed by atoms with Crippen molar-refractivity contribution in [2.45, 2.75) is 26.4 Å². The quantitative estimate of drug-likeness (QED) is 0.0123. The number of carbonyl (C=O) groups is 4. The van der Waals surface area contributed by atoms with Crippen LogP contribution in [0, 0.1) is 5.92 Å². The van der Waals surface area contributed by atoms with Gasteiger partial charge in [-0.1, -0.05) is 110 Å².